The third-order valence-electron chi connectivity index (χ3n) is 5.38. The zero-order valence-electron chi connectivity index (χ0n) is 17.7. The summed E-state index contributed by atoms with van der Waals surface area (Å²) in [6.45, 7) is 1.93. The molecule has 164 valence electrons. The summed E-state index contributed by atoms with van der Waals surface area (Å²) in [5, 5.41) is 15.7. The summed E-state index contributed by atoms with van der Waals surface area (Å²) < 4.78 is 5.26. The maximum absolute atomic E-state index is 13.4. The maximum Gasteiger partial charge on any atom is 0.283 e. The summed E-state index contributed by atoms with van der Waals surface area (Å²) in [5.41, 5.74) is 2.33. The molecule has 0 saturated heterocycles. The largest absolute Gasteiger partial charge is 0.495 e. The van der Waals surface area contributed by atoms with E-state index in [1.54, 1.807) is 32.2 Å². The van der Waals surface area contributed by atoms with Gasteiger partial charge in [0.2, 0.25) is 5.78 Å². The molecule has 0 bridgehead atoms. The number of aliphatic hydroxyl groups is 1. The number of ether oxygens (including phenoxy) is 1. The van der Waals surface area contributed by atoms with Crippen LogP contribution < -0.4 is 10.1 Å². The van der Waals surface area contributed by atoms with Gasteiger partial charge in [-0.3, -0.25) is 4.79 Å². The van der Waals surface area contributed by atoms with Gasteiger partial charge in [-0.1, -0.05) is 59.2 Å². The van der Waals surface area contributed by atoms with Gasteiger partial charge in [-0.25, -0.2) is 0 Å². The van der Waals surface area contributed by atoms with Gasteiger partial charge >= 0.3 is 0 Å². The molecule has 3 aromatic rings. The quantitative estimate of drug-likeness (QED) is 0.595. The van der Waals surface area contributed by atoms with Crippen molar-refractivity contribution in [2.24, 2.45) is 5.16 Å². The normalized spacial score (nSPS) is 20.6. The SMILES string of the molecule is CCO.COc1ccc(C2=NO[C@@]3(Nc4ccccc4C3=O)[C@H]2c2ccccc2)cc1Cl. The zero-order chi connectivity index (χ0) is 22.7. The van der Waals surface area contributed by atoms with E-state index in [0.29, 0.717) is 22.0 Å². The Morgan fingerprint density at radius 1 is 1.12 bits per heavy atom. The number of hydrogen-bond acceptors (Lipinski definition) is 6. The number of halogens is 1. The Labute approximate surface area is 191 Å². The fraction of sp³-hybridized carbons (Fsp3) is 0.200. The van der Waals surface area contributed by atoms with E-state index in [-0.39, 0.29) is 12.4 Å². The smallest absolute Gasteiger partial charge is 0.283 e. The van der Waals surface area contributed by atoms with Crippen molar-refractivity contribution in [2.75, 3.05) is 19.0 Å². The van der Waals surface area contributed by atoms with Gasteiger partial charge in [0.25, 0.3) is 5.72 Å². The first-order valence-corrected chi connectivity index (χ1v) is 10.6. The van der Waals surface area contributed by atoms with Gasteiger partial charge in [0, 0.05) is 23.4 Å². The third kappa shape index (κ3) is 3.61. The summed E-state index contributed by atoms with van der Waals surface area (Å²) in [5.74, 6) is -0.0169. The highest BCUT2D eigenvalue weighted by Gasteiger charge is 2.59. The molecule has 1 spiro atoms. The van der Waals surface area contributed by atoms with Gasteiger partial charge in [-0.2, -0.15) is 0 Å². The number of anilines is 1. The minimum atomic E-state index is -1.33. The number of aliphatic hydroxyl groups excluding tert-OH is 1. The lowest BCUT2D eigenvalue weighted by molar-refractivity contribution is 0.00793. The summed E-state index contributed by atoms with van der Waals surface area (Å²) in [4.78, 5) is 19.3. The second-order valence-corrected chi connectivity index (χ2v) is 7.72. The number of benzene rings is 3. The van der Waals surface area contributed by atoms with E-state index < -0.39 is 11.6 Å². The van der Waals surface area contributed by atoms with Crippen molar-refractivity contribution in [3.63, 3.8) is 0 Å². The van der Waals surface area contributed by atoms with Crippen molar-refractivity contribution in [2.45, 2.75) is 18.6 Å². The Bertz CT molecular complexity index is 1170. The molecule has 0 unspecified atom stereocenters. The van der Waals surface area contributed by atoms with Gasteiger partial charge in [0.05, 0.1) is 18.1 Å². The number of carbonyl (C=O) groups is 1. The lowest BCUT2D eigenvalue weighted by Gasteiger charge is -2.28. The van der Waals surface area contributed by atoms with E-state index in [1.807, 2.05) is 54.6 Å². The minimum absolute atomic E-state index is 0.139. The van der Waals surface area contributed by atoms with Gasteiger partial charge in [-0.05, 0) is 42.8 Å². The van der Waals surface area contributed by atoms with E-state index in [0.717, 1.165) is 16.8 Å². The second-order valence-electron chi connectivity index (χ2n) is 7.31. The van der Waals surface area contributed by atoms with E-state index in [1.165, 1.54) is 0 Å². The number of rotatable bonds is 3. The first-order valence-electron chi connectivity index (χ1n) is 10.2. The molecule has 0 amide bonds. The summed E-state index contributed by atoms with van der Waals surface area (Å²) >= 11 is 6.35. The monoisotopic (exact) mass is 450 g/mol. The molecule has 0 radical (unpaired) electrons. The molecule has 2 atom stereocenters. The van der Waals surface area contributed by atoms with Crippen LogP contribution >= 0.6 is 11.6 Å². The van der Waals surface area contributed by atoms with Crippen LogP contribution in [0.25, 0.3) is 0 Å². The Hall–Kier alpha value is -3.35. The lowest BCUT2D eigenvalue weighted by atomic mass is 9.80. The molecule has 0 aromatic heterocycles. The van der Waals surface area contributed by atoms with E-state index in [2.05, 4.69) is 10.5 Å². The van der Waals surface area contributed by atoms with Crippen LogP contribution in [0, 0.1) is 0 Å². The van der Waals surface area contributed by atoms with Gasteiger partial charge in [0.1, 0.15) is 11.5 Å². The topological polar surface area (TPSA) is 80.2 Å². The van der Waals surface area contributed by atoms with Crippen LogP contribution in [0.3, 0.4) is 0 Å². The third-order valence-corrected chi connectivity index (χ3v) is 5.67. The Kier molecular flexibility index (Phi) is 6.17. The fourth-order valence-electron chi connectivity index (χ4n) is 4.02. The number of methoxy groups -OCH3 is 1. The first-order chi connectivity index (χ1) is 15.6. The van der Waals surface area contributed by atoms with E-state index >= 15 is 0 Å². The highest BCUT2D eigenvalue weighted by atomic mass is 35.5. The number of carbonyl (C=O) groups excluding carboxylic acids is 1. The van der Waals surface area contributed by atoms with Crippen molar-refractivity contribution < 1.29 is 19.5 Å². The van der Waals surface area contributed by atoms with Crippen molar-refractivity contribution >= 4 is 28.8 Å². The van der Waals surface area contributed by atoms with E-state index in [9.17, 15) is 4.79 Å². The summed E-state index contributed by atoms with van der Waals surface area (Å²) in [7, 11) is 1.57. The van der Waals surface area contributed by atoms with Crippen LogP contribution in [0.5, 0.6) is 5.75 Å². The Morgan fingerprint density at radius 2 is 1.81 bits per heavy atom. The van der Waals surface area contributed by atoms with Crippen LogP contribution in [0.4, 0.5) is 5.69 Å². The highest BCUT2D eigenvalue weighted by Crippen LogP contribution is 2.47. The molecular formula is C25H23ClN2O4. The average Bonchev–Trinajstić information content (AvgIpc) is 3.33. The number of fused-ring (bicyclic) bond motifs is 1. The number of nitrogens with zero attached hydrogens (tertiary/aromatic N) is 1. The van der Waals surface area contributed by atoms with Gasteiger partial charge in [-0.15, -0.1) is 0 Å². The lowest BCUT2D eigenvalue weighted by Crippen LogP contribution is -2.48. The van der Waals surface area contributed by atoms with Crippen LogP contribution in [0.15, 0.2) is 78.0 Å². The summed E-state index contributed by atoms with van der Waals surface area (Å²) in [6.07, 6.45) is 0. The molecule has 2 aliphatic rings. The predicted molar refractivity (Wildman–Crippen MR) is 125 cm³/mol. The number of oxime groups is 1. The molecule has 2 N–H and O–H groups in total. The van der Waals surface area contributed by atoms with Crippen LogP contribution in [0.1, 0.15) is 34.3 Å². The highest BCUT2D eigenvalue weighted by molar-refractivity contribution is 6.32. The Morgan fingerprint density at radius 3 is 2.47 bits per heavy atom. The van der Waals surface area contributed by atoms with Crippen molar-refractivity contribution in [3.05, 3.63) is 94.5 Å². The first kappa shape index (κ1) is 21.9. The van der Waals surface area contributed by atoms with Crippen LogP contribution in [-0.2, 0) is 4.84 Å². The van der Waals surface area contributed by atoms with Gasteiger partial charge < -0.3 is 20.0 Å². The zero-order valence-corrected chi connectivity index (χ0v) is 18.5. The molecule has 0 fully saturated rings. The predicted octanol–water partition coefficient (Wildman–Crippen LogP) is 4.87. The van der Waals surface area contributed by atoms with Crippen LogP contribution in [-0.4, -0.2) is 36.0 Å². The number of Topliss-reactive ketones (excluding diaryl/α,β-unsaturated/α-hetero) is 1. The minimum Gasteiger partial charge on any atom is -0.495 e. The molecule has 2 aliphatic heterocycles. The average molecular weight is 451 g/mol. The molecule has 5 rings (SSSR count). The van der Waals surface area contributed by atoms with E-state index in [4.69, 9.17) is 26.3 Å². The fourth-order valence-corrected chi connectivity index (χ4v) is 4.27. The molecule has 3 aromatic carbocycles. The van der Waals surface area contributed by atoms with Crippen molar-refractivity contribution in [1.29, 1.82) is 0 Å². The summed E-state index contributed by atoms with van der Waals surface area (Å²) in [6, 6.07) is 22.6. The number of para-hydroxylation sites is 1. The standard InChI is InChI=1S/C23H17ClN2O3.C2H6O/c1-28-19-12-11-15(13-17(19)24)21-20(14-7-3-2-4-8-14)23(29-26-21)22(27)16-9-5-6-10-18(16)25-23;1-2-3/h2-13,20,25H,1H3;3H,2H2,1H3/t20-,23-;/m0./s1. The maximum atomic E-state index is 13.4. The molecule has 7 heteroatoms. The molecule has 2 heterocycles. The number of ketones is 1. The van der Waals surface area contributed by atoms with Crippen LogP contribution in [0.2, 0.25) is 5.02 Å². The molecule has 0 saturated carbocycles. The molecular weight excluding hydrogens is 428 g/mol. The second kappa shape index (κ2) is 9.02. The number of hydrogen-bond donors (Lipinski definition) is 2. The van der Waals surface area contributed by atoms with Crippen molar-refractivity contribution in [3.8, 4) is 5.75 Å². The molecule has 0 aliphatic carbocycles. The molecule has 6 nitrogen and oxygen atoms in total. The number of nitrogens with one attached hydrogen (secondary N) is 1. The molecule has 32 heavy (non-hydrogen) atoms. The van der Waals surface area contributed by atoms with Crippen molar-refractivity contribution in [1.82, 2.24) is 0 Å². The van der Waals surface area contributed by atoms with Gasteiger partial charge in [0.15, 0.2) is 0 Å². The Balaban J connectivity index is 0.000000775.